The molecule has 0 saturated carbocycles. The van der Waals surface area contributed by atoms with Gasteiger partial charge in [-0.3, -0.25) is 19.7 Å². The summed E-state index contributed by atoms with van der Waals surface area (Å²) >= 11 is 0. The summed E-state index contributed by atoms with van der Waals surface area (Å²) in [7, 11) is 1.25. The molecule has 10 nitrogen and oxygen atoms in total. The van der Waals surface area contributed by atoms with E-state index in [1.165, 1.54) is 42.3 Å². The van der Waals surface area contributed by atoms with Crippen molar-refractivity contribution in [1.29, 1.82) is 0 Å². The van der Waals surface area contributed by atoms with Gasteiger partial charge in [0.2, 0.25) is 0 Å². The Balaban J connectivity index is 2.08. The van der Waals surface area contributed by atoms with Crippen LogP contribution in [0.1, 0.15) is 47.8 Å². The van der Waals surface area contributed by atoms with Crippen LogP contribution in [0.5, 0.6) is 0 Å². The van der Waals surface area contributed by atoms with E-state index in [4.69, 9.17) is 9.47 Å². The number of nitro groups is 1. The van der Waals surface area contributed by atoms with E-state index in [1.807, 2.05) is 13.8 Å². The van der Waals surface area contributed by atoms with Crippen molar-refractivity contribution in [3.05, 3.63) is 80.9 Å². The smallest absolute Gasteiger partial charge is 0.337 e. The second kappa shape index (κ2) is 10.9. The molecule has 3 rings (SSSR count). The van der Waals surface area contributed by atoms with Gasteiger partial charge < -0.3 is 19.5 Å². The number of aliphatic hydroxyl groups is 1. The van der Waals surface area contributed by atoms with Crippen molar-refractivity contribution in [2.24, 2.45) is 0 Å². The molecule has 1 heterocycles. The molecule has 184 valence electrons. The number of Topliss-reactive ketones (excluding diaryl/α,β-unsaturated/α-hetero) is 1. The second-order valence-corrected chi connectivity index (χ2v) is 8.19. The first-order valence-electron chi connectivity index (χ1n) is 11.0. The van der Waals surface area contributed by atoms with E-state index < -0.39 is 34.4 Å². The van der Waals surface area contributed by atoms with Gasteiger partial charge in [-0.25, -0.2) is 4.79 Å². The normalized spacial score (nSPS) is 17.1. The Morgan fingerprint density at radius 2 is 1.83 bits per heavy atom. The molecule has 0 radical (unpaired) electrons. The third-order valence-corrected chi connectivity index (χ3v) is 5.51. The van der Waals surface area contributed by atoms with E-state index in [2.05, 4.69) is 0 Å². The molecule has 1 N–H and O–H groups in total. The fraction of sp³-hybridized carbons (Fsp3) is 0.320. The third kappa shape index (κ3) is 5.55. The third-order valence-electron chi connectivity index (χ3n) is 5.51. The molecule has 1 fully saturated rings. The Bertz CT molecular complexity index is 1170. The number of esters is 1. The summed E-state index contributed by atoms with van der Waals surface area (Å²) in [4.78, 5) is 49.7. The van der Waals surface area contributed by atoms with Gasteiger partial charge in [0.05, 0.1) is 35.3 Å². The summed E-state index contributed by atoms with van der Waals surface area (Å²) in [6, 6.07) is 10.4. The molecule has 0 spiro atoms. The number of hydrogen-bond donors (Lipinski definition) is 1. The number of ether oxygens (including phenoxy) is 2. The molecule has 0 unspecified atom stereocenters. The molecule has 1 aliphatic heterocycles. The van der Waals surface area contributed by atoms with Crippen molar-refractivity contribution in [2.45, 2.75) is 32.4 Å². The van der Waals surface area contributed by atoms with Crippen LogP contribution in [0.2, 0.25) is 0 Å². The first kappa shape index (κ1) is 25.6. The van der Waals surface area contributed by atoms with Crippen molar-refractivity contribution in [2.75, 3.05) is 20.3 Å². The molecule has 2 aromatic rings. The quantitative estimate of drug-likeness (QED) is 0.109. The number of hydrogen-bond acceptors (Lipinski definition) is 8. The maximum atomic E-state index is 13.0. The van der Waals surface area contributed by atoms with Gasteiger partial charge in [0.1, 0.15) is 5.76 Å². The highest BCUT2D eigenvalue weighted by molar-refractivity contribution is 6.46. The number of rotatable bonds is 9. The van der Waals surface area contributed by atoms with E-state index in [1.54, 1.807) is 12.1 Å². The Hall–Kier alpha value is -4.05. The molecule has 1 aliphatic rings. The second-order valence-electron chi connectivity index (χ2n) is 8.19. The van der Waals surface area contributed by atoms with E-state index in [0.29, 0.717) is 18.6 Å². The number of methoxy groups -OCH3 is 1. The fourth-order valence-corrected chi connectivity index (χ4v) is 3.85. The van der Waals surface area contributed by atoms with Crippen LogP contribution in [0, 0.1) is 10.1 Å². The standard InChI is InChI=1S/C25H26N2O8/c1-15(2)35-13-5-12-26-21(16-8-10-17(11-9-16)25(31)34-3)20(23(29)24(26)30)22(28)18-6-4-7-19(14-18)27(32)33/h4,6-11,14-15,21,28H,5,12-13H2,1-3H3/t21-/m1/s1. The lowest BCUT2D eigenvalue weighted by atomic mass is 9.94. The summed E-state index contributed by atoms with van der Waals surface area (Å²) in [6.45, 7) is 4.30. The predicted octanol–water partition coefficient (Wildman–Crippen LogP) is 3.62. The summed E-state index contributed by atoms with van der Waals surface area (Å²) in [6.07, 6.45) is 0.444. The van der Waals surface area contributed by atoms with E-state index in [0.717, 1.165) is 6.07 Å². The van der Waals surface area contributed by atoms with Crippen molar-refractivity contribution in [3.8, 4) is 0 Å². The molecular formula is C25H26N2O8. The van der Waals surface area contributed by atoms with Crippen LogP contribution in [-0.2, 0) is 19.1 Å². The minimum absolute atomic E-state index is 0.000877. The van der Waals surface area contributed by atoms with Gasteiger partial charge in [-0.05, 0) is 38.0 Å². The van der Waals surface area contributed by atoms with Crippen LogP contribution in [0.3, 0.4) is 0 Å². The van der Waals surface area contributed by atoms with Crippen LogP contribution in [0.4, 0.5) is 5.69 Å². The Labute approximate surface area is 201 Å². The van der Waals surface area contributed by atoms with Crippen molar-refractivity contribution >= 4 is 29.1 Å². The average molecular weight is 482 g/mol. The molecule has 10 heteroatoms. The van der Waals surface area contributed by atoms with Gasteiger partial charge in [0.15, 0.2) is 0 Å². The molecule has 35 heavy (non-hydrogen) atoms. The largest absolute Gasteiger partial charge is 0.507 e. The molecule has 1 atom stereocenters. The number of nitrogens with zero attached hydrogens (tertiary/aromatic N) is 2. The Morgan fingerprint density at radius 1 is 1.14 bits per heavy atom. The topological polar surface area (TPSA) is 136 Å². The van der Waals surface area contributed by atoms with Crippen molar-refractivity contribution < 1.29 is 33.9 Å². The average Bonchev–Trinajstić information content (AvgIpc) is 3.10. The van der Waals surface area contributed by atoms with Gasteiger partial charge in [-0.2, -0.15) is 0 Å². The molecule has 0 aromatic heterocycles. The molecular weight excluding hydrogens is 456 g/mol. The zero-order valence-corrected chi connectivity index (χ0v) is 19.6. The number of non-ortho nitro benzene ring substituents is 1. The van der Waals surface area contributed by atoms with Crippen molar-refractivity contribution in [1.82, 2.24) is 4.90 Å². The highest BCUT2D eigenvalue weighted by atomic mass is 16.6. The Morgan fingerprint density at radius 3 is 2.43 bits per heavy atom. The highest BCUT2D eigenvalue weighted by Gasteiger charge is 2.45. The fourth-order valence-electron chi connectivity index (χ4n) is 3.85. The minimum atomic E-state index is -0.958. The first-order valence-corrected chi connectivity index (χ1v) is 11.0. The maximum Gasteiger partial charge on any atom is 0.337 e. The zero-order chi connectivity index (χ0) is 25.7. The van der Waals surface area contributed by atoms with Crippen LogP contribution >= 0.6 is 0 Å². The van der Waals surface area contributed by atoms with E-state index in [-0.39, 0.29) is 35.0 Å². The summed E-state index contributed by atoms with van der Waals surface area (Å²) in [5.41, 5.74) is 0.335. The highest BCUT2D eigenvalue weighted by Crippen LogP contribution is 2.39. The first-order chi connectivity index (χ1) is 16.6. The summed E-state index contributed by atoms with van der Waals surface area (Å²) in [5.74, 6) is -2.77. The van der Waals surface area contributed by atoms with Gasteiger partial charge in [-0.1, -0.05) is 24.3 Å². The van der Waals surface area contributed by atoms with Gasteiger partial charge in [-0.15, -0.1) is 0 Å². The van der Waals surface area contributed by atoms with Gasteiger partial charge in [0, 0.05) is 30.8 Å². The maximum absolute atomic E-state index is 13.0. The number of aliphatic hydroxyl groups excluding tert-OH is 1. The van der Waals surface area contributed by atoms with E-state index >= 15 is 0 Å². The number of ketones is 1. The summed E-state index contributed by atoms with van der Waals surface area (Å²) < 4.78 is 10.3. The zero-order valence-electron chi connectivity index (χ0n) is 19.6. The SMILES string of the molecule is COC(=O)c1ccc([C@@H]2C(=C(O)c3cccc([N+](=O)[O-])c3)C(=O)C(=O)N2CCCOC(C)C)cc1. The molecule has 1 amide bonds. The molecule has 0 bridgehead atoms. The Kier molecular flexibility index (Phi) is 7.98. The van der Waals surface area contributed by atoms with Crippen LogP contribution in [0.25, 0.3) is 5.76 Å². The molecule has 2 aromatic carbocycles. The lowest BCUT2D eigenvalue weighted by Crippen LogP contribution is -2.31. The summed E-state index contributed by atoms with van der Waals surface area (Å²) in [5, 5.41) is 22.2. The van der Waals surface area contributed by atoms with E-state index in [9.17, 15) is 29.6 Å². The van der Waals surface area contributed by atoms with Crippen LogP contribution < -0.4 is 0 Å². The number of likely N-dealkylation sites (tertiary alicyclic amines) is 1. The van der Waals surface area contributed by atoms with Crippen molar-refractivity contribution in [3.63, 3.8) is 0 Å². The molecule has 1 saturated heterocycles. The number of benzene rings is 2. The number of nitro benzene ring substituents is 1. The predicted molar refractivity (Wildman–Crippen MR) is 126 cm³/mol. The minimum Gasteiger partial charge on any atom is -0.507 e. The lowest BCUT2D eigenvalue weighted by Gasteiger charge is -2.25. The lowest BCUT2D eigenvalue weighted by molar-refractivity contribution is -0.384. The van der Waals surface area contributed by atoms with Gasteiger partial charge in [0.25, 0.3) is 17.4 Å². The number of amides is 1. The monoisotopic (exact) mass is 482 g/mol. The van der Waals surface area contributed by atoms with Crippen LogP contribution in [-0.4, -0.2) is 59.0 Å². The van der Waals surface area contributed by atoms with Crippen LogP contribution in [0.15, 0.2) is 54.1 Å². The molecule has 0 aliphatic carbocycles. The number of carbonyl (C=O) groups is 3. The number of carbonyl (C=O) groups excluding carboxylic acids is 3. The van der Waals surface area contributed by atoms with Gasteiger partial charge >= 0.3 is 5.97 Å².